The predicted molar refractivity (Wildman–Crippen MR) is 142 cm³/mol. The zero-order valence-corrected chi connectivity index (χ0v) is 22.4. The van der Waals surface area contributed by atoms with E-state index >= 15 is 0 Å². The number of nitrogens with zero attached hydrogens (tertiary/aromatic N) is 3. The fourth-order valence-electron chi connectivity index (χ4n) is 5.39. The van der Waals surface area contributed by atoms with Gasteiger partial charge in [-0.15, -0.1) is 0 Å². The molecule has 0 unspecified atom stereocenters. The number of nitrogens with two attached hydrogens (primary N) is 1. The molecular weight excluding hydrogens is 511 g/mol. The summed E-state index contributed by atoms with van der Waals surface area (Å²) in [5.41, 5.74) is 7.19. The van der Waals surface area contributed by atoms with Gasteiger partial charge in [-0.05, 0) is 46.9 Å². The Morgan fingerprint density at radius 1 is 1.05 bits per heavy atom. The van der Waals surface area contributed by atoms with Crippen LogP contribution < -0.4 is 11.1 Å². The normalized spacial score (nSPS) is 19.1. The summed E-state index contributed by atoms with van der Waals surface area (Å²) in [7, 11) is 1.65. The molecule has 3 N–H and O–H groups in total. The number of hydrogen-bond donors (Lipinski definition) is 2. The molecule has 212 valence electrons. The number of methoxy groups -OCH3 is 1. The summed E-state index contributed by atoms with van der Waals surface area (Å²) in [4.78, 5) is 30.6. The number of hydrogen-bond acceptors (Lipinski definition) is 6. The van der Waals surface area contributed by atoms with Crippen molar-refractivity contribution >= 4 is 17.5 Å². The first-order valence-corrected chi connectivity index (χ1v) is 13.1. The van der Waals surface area contributed by atoms with Crippen LogP contribution in [0.2, 0.25) is 0 Å². The lowest BCUT2D eigenvalue weighted by molar-refractivity contribution is -0.138. The number of amides is 2. The van der Waals surface area contributed by atoms with Gasteiger partial charge in [0.15, 0.2) is 0 Å². The van der Waals surface area contributed by atoms with Crippen LogP contribution in [-0.2, 0) is 28.8 Å². The number of carbonyl (C=O) groups is 2. The number of halogens is 3. The Hall–Kier alpha value is -2.99. The molecule has 2 heterocycles. The van der Waals surface area contributed by atoms with Crippen molar-refractivity contribution in [3.63, 3.8) is 0 Å². The third kappa shape index (κ3) is 7.57. The van der Waals surface area contributed by atoms with Gasteiger partial charge in [-0.25, -0.2) is 0 Å². The van der Waals surface area contributed by atoms with Crippen molar-refractivity contribution in [3.05, 3.63) is 64.2 Å². The van der Waals surface area contributed by atoms with Crippen molar-refractivity contribution in [3.8, 4) is 0 Å². The van der Waals surface area contributed by atoms with Gasteiger partial charge in [0.05, 0.1) is 18.7 Å². The highest BCUT2D eigenvalue weighted by Crippen LogP contribution is 2.35. The van der Waals surface area contributed by atoms with Gasteiger partial charge in [0.2, 0.25) is 5.91 Å². The fourth-order valence-corrected chi connectivity index (χ4v) is 5.39. The number of alkyl halides is 3. The van der Waals surface area contributed by atoms with Crippen molar-refractivity contribution < 1.29 is 27.5 Å². The number of rotatable bonds is 9. The van der Waals surface area contributed by atoms with Crippen LogP contribution in [0.5, 0.6) is 0 Å². The van der Waals surface area contributed by atoms with Crippen molar-refractivity contribution in [2.45, 2.75) is 32.1 Å². The molecule has 0 radical (unpaired) electrons. The summed E-state index contributed by atoms with van der Waals surface area (Å²) >= 11 is 0. The molecule has 2 aromatic carbocycles. The second-order valence-electron chi connectivity index (χ2n) is 10.4. The summed E-state index contributed by atoms with van der Waals surface area (Å²) in [6, 6.07) is 9.27. The Bertz CT molecular complexity index is 1180. The van der Waals surface area contributed by atoms with E-state index in [2.05, 4.69) is 10.2 Å². The first-order chi connectivity index (χ1) is 18.5. The zero-order chi connectivity index (χ0) is 28.2. The monoisotopic (exact) mass is 547 g/mol. The highest BCUT2D eigenvalue weighted by Gasteiger charge is 2.34. The summed E-state index contributed by atoms with van der Waals surface area (Å²) in [5.74, 6) is -0.765. The standard InChI is InChI=1S/C28H36F3N5O3/c1-19-15-36(18-26(32)37)17-22-13-20(4-6-24(19)22)27(38)33-23-5-3-21(25(14-23)28(29,30)31)16-35-9-7-34(8-10-35)11-12-39-2/h3-6,13-14,19H,7-12,15-18H2,1-2H3,(H2,32,37)(H,33,38)/t19-/m0/s1. The Labute approximate surface area is 226 Å². The Kier molecular flexibility index (Phi) is 9.27. The average Bonchev–Trinajstić information content (AvgIpc) is 2.88. The van der Waals surface area contributed by atoms with Crippen LogP contribution in [0.4, 0.5) is 18.9 Å². The van der Waals surface area contributed by atoms with Crippen LogP contribution in [0.15, 0.2) is 36.4 Å². The molecule has 0 saturated carbocycles. The maximum absolute atomic E-state index is 14.0. The molecule has 39 heavy (non-hydrogen) atoms. The van der Waals surface area contributed by atoms with Gasteiger partial charge < -0.3 is 15.8 Å². The van der Waals surface area contributed by atoms with Gasteiger partial charge in [0.1, 0.15) is 0 Å². The molecule has 2 aliphatic heterocycles. The van der Waals surface area contributed by atoms with Crippen LogP contribution in [-0.4, -0.2) is 86.0 Å². The lowest BCUT2D eigenvalue weighted by Gasteiger charge is -2.35. The molecule has 2 aromatic rings. The van der Waals surface area contributed by atoms with Crippen LogP contribution in [0.25, 0.3) is 0 Å². The molecule has 2 aliphatic rings. The first-order valence-electron chi connectivity index (χ1n) is 13.1. The number of piperazine rings is 1. The number of nitrogens with one attached hydrogen (secondary N) is 1. The maximum Gasteiger partial charge on any atom is 0.416 e. The van der Waals surface area contributed by atoms with E-state index in [0.29, 0.717) is 38.3 Å². The third-order valence-corrected chi connectivity index (χ3v) is 7.39. The summed E-state index contributed by atoms with van der Waals surface area (Å²) < 4.78 is 47.1. The number of primary amides is 1. The van der Waals surface area contributed by atoms with E-state index in [1.165, 1.54) is 12.1 Å². The molecule has 2 amide bonds. The minimum atomic E-state index is -4.55. The summed E-state index contributed by atoms with van der Waals surface area (Å²) in [6.07, 6.45) is -4.55. The fraction of sp³-hybridized carbons (Fsp3) is 0.500. The van der Waals surface area contributed by atoms with Crippen LogP contribution in [0.1, 0.15) is 45.5 Å². The SMILES string of the molecule is COCCN1CCN(Cc2ccc(NC(=O)c3ccc4c(c3)CN(CC(N)=O)C[C@@H]4C)cc2C(F)(F)F)CC1. The quantitative estimate of drug-likeness (QED) is 0.502. The summed E-state index contributed by atoms with van der Waals surface area (Å²) in [5, 5.41) is 2.63. The number of fused-ring (bicyclic) bond motifs is 1. The Balaban J connectivity index is 1.45. The zero-order valence-electron chi connectivity index (χ0n) is 22.4. The van der Waals surface area contributed by atoms with Crippen molar-refractivity contribution in [1.82, 2.24) is 14.7 Å². The van der Waals surface area contributed by atoms with Gasteiger partial charge in [0, 0.05) is 70.7 Å². The van der Waals surface area contributed by atoms with Gasteiger partial charge in [0.25, 0.3) is 5.91 Å². The van der Waals surface area contributed by atoms with Crippen molar-refractivity contribution in [2.24, 2.45) is 5.73 Å². The molecule has 0 spiro atoms. The van der Waals surface area contributed by atoms with E-state index in [4.69, 9.17) is 10.5 Å². The molecule has 1 fully saturated rings. The van der Waals surface area contributed by atoms with E-state index in [-0.39, 0.29) is 30.3 Å². The first kappa shape index (κ1) is 29.0. The third-order valence-electron chi connectivity index (χ3n) is 7.39. The molecular formula is C28H36F3N5O3. The smallest absolute Gasteiger partial charge is 0.383 e. The highest BCUT2D eigenvalue weighted by molar-refractivity contribution is 6.04. The second kappa shape index (κ2) is 12.5. The van der Waals surface area contributed by atoms with Gasteiger partial charge in [-0.2, -0.15) is 13.2 Å². The van der Waals surface area contributed by atoms with Gasteiger partial charge in [-0.3, -0.25) is 24.3 Å². The lowest BCUT2D eigenvalue weighted by atomic mass is 9.89. The molecule has 1 saturated heterocycles. The highest BCUT2D eigenvalue weighted by atomic mass is 19.4. The van der Waals surface area contributed by atoms with Gasteiger partial charge in [-0.1, -0.05) is 19.1 Å². The molecule has 4 rings (SSSR count). The second-order valence-corrected chi connectivity index (χ2v) is 10.4. The number of anilines is 1. The lowest BCUT2D eigenvalue weighted by Crippen LogP contribution is -2.46. The largest absolute Gasteiger partial charge is 0.416 e. The maximum atomic E-state index is 14.0. The van der Waals surface area contributed by atoms with Crippen molar-refractivity contribution in [2.75, 3.05) is 64.8 Å². The van der Waals surface area contributed by atoms with Crippen LogP contribution >= 0.6 is 0 Å². The summed E-state index contributed by atoms with van der Waals surface area (Å²) in [6.45, 7) is 7.83. The van der Waals surface area contributed by atoms with Crippen LogP contribution in [0, 0.1) is 0 Å². The minimum absolute atomic E-state index is 0.0851. The molecule has 0 aromatic heterocycles. The number of carbonyl (C=O) groups excluding carboxylic acids is 2. The van der Waals surface area contributed by atoms with E-state index < -0.39 is 23.6 Å². The molecule has 0 aliphatic carbocycles. The van der Waals surface area contributed by atoms with Gasteiger partial charge >= 0.3 is 6.18 Å². The van der Waals surface area contributed by atoms with E-state index in [0.717, 1.165) is 36.8 Å². The van der Waals surface area contributed by atoms with Crippen molar-refractivity contribution in [1.29, 1.82) is 0 Å². The van der Waals surface area contributed by atoms with E-state index in [1.54, 1.807) is 19.2 Å². The molecule has 0 bridgehead atoms. The molecule has 8 nitrogen and oxygen atoms in total. The van der Waals surface area contributed by atoms with Crippen LogP contribution in [0.3, 0.4) is 0 Å². The topological polar surface area (TPSA) is 91.1 Å². The van der Waals surface area contributed by atoms with E-state index in [1.807, 2.05) is 22.8 Å². The predicted octanol–water partition coefficient (Wildman–Crippen LogP) is 3.13. The minimum Gasteiger partial charge on any atom is -0.383 e. The number of ether oxygens (including phenoxy) is 1. The molecule has 1 atom stereocenters. The average molecular weight is 548 g/mol. The Morgan fingerprint density at radius 2 is 1.77 bits per heavy atom. The van der Waals surface area contributed by atoms with E-state index in [9.17, 15) is 22.8 Å². The Morgan fingerprint density at radius 3 is 2.44 bits per heavy atom. The number of benzene rings is 2. The molecule has 11 heteroatoms.